The van der Waals surface area contributed by atoms with Gasteiger partial charge in [0.1, 0.15) is 5.82 Å². The summed E-state index contributed by atoms with van der Waals surface area (Å²) in [5.74, 6) is -0.746. The van der Waals surface area contributed by atoms with Crippen molar-refractivity contribution in [2.75, 3.05) is 30.7 Å². The maximum atomic E-state index is 13.7. The summed E-state index contributed by atoms with van der Waals surface area (Å²) in [6.45, 7) is 7.69. The molecule has 116 valence electrons. The number of nitrogens with two attached hydrogens (primary N) is 1. The third kappa shape index (κ3) is 3.92. The highest BCUT2D eigenvalue weighted by molar-refractivity contribution is 5.95. The molecule has 0 spiro atoms. The lowest BCUT2D eigenvalue weighted by Gasteiger charge is -2.40. The summed E-state index contributed by atoms with van der Waals surface area (Å²) in [6.07, 6.45) is 0. The lowest BCUT2D eigenvalue weighted by molar-refractivity contribution is -0.129. The highest BCUT2D eigenvalue weighted by atomic mass is 19.1. The number of morpholine rings is 1. The number of halogens is 1. The van der Waals surface area contributed by atoms with Gasteiger partial charge < -0.3 is 15.8 Å². The molecule has 2 rings (SSSR count). The highest BCUT2D eigenvalue weighted by Gasteiger charge is 2.32. The number of carbonyl (C=O) groups is 1. The van der Waals surface area contributed by atoms with Crippen molar-refractivity contribution in [1.29, 1.82) is 0 Å². The molecule has 0 aliphatic carbocycles. The Kier molecular flexibility index (Phi) is 4.49. The van der Waals surface area contributed by atoms with Crippen LogP contribution in [0.15, 0.2) is 18.2 Å². The summed E-state index contributed by atoms with van der Waals surface area (Å²) < 4.78 is 19.3. The second-order valence-electron chi connectivity index (χ2n) is 5.98. The standard InChI is InChI=1S/C15H22FN3O2/c1-10(19-6-7-21-15(2,3)9-19)14(20)18-13-8-11(17)4-5-12(13)16/h4-5,8,10H,6-7,9,17H2,1-3H3,(H,18,20). The van der Waals surface area contributed by atoms with Gasteiger partial charge in [0.2, 0.25) is 5.91 Å². The molecule has 1 atom stereocenters. The largest absolute Gasteiger partial charge is 0.399 e. The lowest BCUT2D eigenvalue weighted by Crippen LogP contribution is -2.54. The first-order chi connectivity index (χ1) is 9.78. The van der Waals surface area contributed by atoms with Crippen LogP contribution in [0.4, 0.5) is 15.8 Å². The number of nitrogens with one attached hydrogen (secondary N) is 1. The molecule has 5 nitrogen and oxygen atoms in total. The van der Waals surface area contributed by atoms with Crippen LogP contribution < -0.4 is 11.1 Å². The Balaban J connectivity index is 2.04. The first kappa shape index (κ1) is 15.7. The fraction of sp³-hybridized carbons (Fsp3) is 0.533. The second-order valence-corrected chi connectivity index (χ2v) is 5.98. The van der Waals surface area contributed by atoms with Crippen LogP contribution in [0.1, 0.15) is 20.8 Å². The molecule has 1 amide bonds. The zero-order valence-corrected chi connectivity index (χ0v) is 12.6. The number of hydrogen-bond donors (Lipinski definition) is 2. The van der Waals surface area contributed by atoms with Crippen LogP contribution in [-0.4, -0.2) is 42.1 Å². The monoisotopic (exact) mass is 295 g/mol. The maximum absolute atomic E-state index is 13.7. The van der Waals surface area contributed by atoms with Crippen molar-refractivity contribution in [3.05, 3.63) is 24.0 Å². The number of carbonyl (C=O) groups excluding carboxylic acids is 1. The highest BCUT2D eigenvalue weighted by Crippen LogP contribution is 2.21. The molecule has 1 saturated heterocycles. The zero-order valence-electron chi connectivity index (χ0n) is 12.6. The quantitative estimate of drug-likeness (QED) is 0.835. The first-order valence-corrected chi connectivity index (χ1v) is 7.02. The topological polar surface area (TPSA) is 67.6 Å². The summed E-state index contributed by atoms with van der Waals surface area (Å²) in [7, 11) is 0. The molecule has 3 N–H and O–H groups in total. The van der Waals surface area contributed by atoms with Crippen molar-refractivity contribution in [3.63, 3.8) is 0 Å². The van der Waals surface area contributed by atoms with Gasteiger partial charge >= 0.3 is 0 Å². The number of rotatable bonds is 3. The van der Waals surface area contributed by atoms with E-state index in [1.165, 1.54) is 18.2 Å². The molecular weight excluding hydrogens is 273 g/mol. The first-order valence-electron chi connectivity index (χ1n) is 7.02. The summed E-state index contributed by atoms with van der Waals surface area (Å²) in [5, 5.41) is 2.60. The molecule has 1 aromatic rings. The Morgan fingerprint density at radius 1 is 1.52 bits per heavy atom. The number of ether oxygens (including phenoxy) is 1. The SMILES string of the molecule is CC(C(=O)Nc1cc(N)ccc1F)N1CCOC(C)(C)C1. The van der Waals surface area contributed by atoms with Gasteiger partial charge in [-0.3, -0.25) is 9.69 Å². The Labute approximate surface area is 124 Å². The summed E-state index contributed by atoms with van der Waals surface area (Å²) >= 11 is 0. The average Bonchev–Trinajstić information content (AvgIpc) is 2.41. The van der Waals surface area contributed by atoms with E-state index >= 15 is 0 Å². The number of nitrogens with zero attached hydrogens (tertiary/aromatic N) is 1. The average molecular weight is 295 g/mol. The van der Waals surface area contributed by atoms with Crippen LogP contribution in [-0.2, 0) is 9.53 Å². The van der Waals surface area contributed by atoms with Crippen LogP contribution in [0.2, 0.25) is 0 Å². The van der Waals surface area contributed by atoms with Gasteiger partial charge in [0.25, 0.3) is 0 Å². The molecule has 1 aromatic carbocycles. The Bertz CT molecular complexity index is 534. The second kappa shape index (κ2) is 5.99. The van der Waals surface area contributed by atoms with Crippen LogP contribution in [0.25, 0.3) is 0 Å². The summed E-state index contributed by atoms with van der Waals surface area (Å²) in [5.41, 5.74) is 5.85. The van der Waals surface area contributed by atoms with Crippen molar-refractivity contribution < 1.29 is 13.9 Å². The minimum atomic E-state index is -0.493. The molecule has 0 radical (unpaired) electrons. The number of nitrogen functional groups attached to an aromatic ring is 1. The fourth-order valence-corrected chi connectivity index (χ4v) is 2.43. The van der Waals surface area contributed by atoms with E-state index in [0.717, 1.165) is 0 Å². The van der Waals surface area contributed by atoms with E-state index in [0.29, 0.717) is 25.4 Å². The molecule has 6 heteroatoms. The normalized spacial score (nSPS) is 20.0. The molecule has 1 heterocycles. The number of hydrogen-bond acceptors (Lipinski definition) is 4. The van der Waals surface area contributed by atoms with Crippen molar-refractivity contribution in [2.24, 2.45) is 0 Å². The van der Waals surface area contributed by atoms with Gasteiger partial charge in [-0.05, 0) is 39.0 Å². The van der Waals surface area contributed by atoms with Gasteiger partial charge in [0.15, 0.2) is 0 Å². The van der Waals surface area contributed by atoms with Gasteiger partial charge in [-0.25, -0.2) is 4.39 Å². The molecule has 21 heavy (non-hydrogen) atoms. The van der Waals surface area contributed by atoms with E-state index in [2.05, 4.69) is 5.32 Å². The zero-order chi connectivity index (χ0) is 15.6. The van der Waals surface area contributed by atoms with E-state index in [1.54, 1.807) is 6.92 Å². The molecule has 0 aromatic heterocycles. The molecular formula is C15H22FN3O2. The van der Waals surface area contributed by atoms with E-state index in [4.69, 9.17) is 10.5 Å². The van der Waals surface area contributed by atoms with Gasteiger partial charge in [-0.2, -0.15) is 0 Å². The Hall–Kier alpha value is -1.66. The molecule has 0 saturated carbocycles. The Morgan fingerprint density at radius 3 is 2.90 bits per heavy atom. The van der Waals surface area contributed by atoms with E-state index in [1.807, 2.05) is 18.7 Å². The minimum absolute atomic E-state index is 0.111. The van der Waals surface area contributed by atoms with Gasteiger partial charge in [-0.1, -0.05) is 0 Å². The van der Waals surface area contributed by atoms with Gasteiger partial charge in [0.05, 0.1) is 23.9 Å². The molecule has 1 aliphatic rings. The summed E-state index contributed by atoms with van der Waals surface area (Å²) in [6, 6.07) is 3.75. The molecule has 1 fully saturated rings. The van der Waals surface area contributed by atoms with Crippen molar-refractivity contribution in [3.8, 4) is 0 Å². The van der Waals surface area contributed by atoms with Crippen LogP contribution in [0, 0.1) is 5.82 Å². The maximum Gasteiger partial charge on any atom is 0.241 e. The third-order valence-corrected chi connectivity index (χ3v) is 3.63. The minimum Gasteiger partial charge on any atom is -0.399 e. The van der Waals surface area contributed by atoms with Crippen LogP contribution in [0.3, 0.4) is 0 Å². The number of amides is 1. The summed E-state index contributed by atoms with van der Waals surface area (Å²) in [4.78, 5) is 14.3. The van der Waals surface area contributed by atoms with Crippen molar-refractivity contribution in [1.82, 2.24) is 4.90 Å². The molecule has 1 unspecified atom stereocenters. The van der Waals surface area contributed by atoms with Crippen LogP contribution in [0.5, 0.6) is 0 Å². The number of benzene rings is 1. The fourth-order valence-electron chi connectivity index (χ4n) is 2.43. The molecule has 0 bridgehead atoms. The van der Waals surface area contributed by atoms with Crippen molar-refractivity contribution >= 4 is 17.3 Å². The predicted molar refractivity (Wildman–Crippen MR) is 80.5 cm³/mol. The van der Waals surface area contributed by atoms with E-state index in [9.17, 15) is 9.18 Å². The van der Waals surface area contributed by atoms with Crippen molar-refractivity contribution in [2.45, 2.75) is 32.4 Å². The van der Waals surface area contributed by atoms with E-state index < -0.39 is 5.82 Å². The smallest absolute Gasteiger partial charge is 0.241 e. The van der Waals surface area contributed by atoms with Gasteiger partial charge in [-0.15, -0.1) is 0 Å². The van der Waals surface area contributed by atoms with Gasteiger partial charge in [0, 0.05) is 18.8 Å². The van der Waals surface area contributed by atoms with Crippen LogP contribution >= 0.6 is 0 Å². The third-order valence-electron chi connectivity index (χ3n) is 3.63. The number of anilines is 2. The van der Waals surface area contributed by atoms with E-state index in [-0.39, 0.29) is 23.2 Å². The predicted octanol–water partition coefficient (Wildman–Crippen LogP) is 1.85. The Morgan fingerprint density at radius 2 is 2.24 bits per heavy atom. The lowest BCUT2D eigenvalue weighted by atomic mass is 10.1. The molecule has 1 aliphatic heterocycles.